The fourth-order valence-electron chi connectivity index (χ4n) is 2.74. The molecule has 0 amide bonds. The SMILES string of the molecule is COC(=O)c1ccc(Cl)cc1CCC1CCCC1. The van der Waals surface area contributed by atoms with Crippen molar-refractivity contribution in [2.75, 3.05) is 7.11 Å². The summed E-state index contributed by atoms with van der Waals surface area (Å²) >= 11 is 6.01. The highest BCUT2D eigenvalue weighted by Gasteiger charge is 2.17. The van der Waals surface area contributed by atoms with Crippen LogP contribution < -0.4 is 0 Å². The van der Waals surface area contributed by atoms with E-state index >= 15 is 0 Å². The van der Waals surface area contributed by atoms with Crippen LogP contribution in [0, 0.1) is 5.92 Å². The molecule has 1 fully saturated rings. The molecular formula is C15H19ClO2. The number of ether oxygens (including phenoxy) is 1. The van der Waals surface area contributed by atoms with Crippen molar-refractivity contribution in [2.24, 2.45) is 5.92 Å². The first kappa shape index (κ1) is 13.4. The van der Waals surface area contributed by atoms with Gasteiger partial charge in [0.15, 0.2) is 0 Å². The Morgan fingerprint density at radius 2 is 2.11 bits per heavy atom. The highest BCUT2D eigenvalue weighted by molar-refractivity contribution is 6.30. The van der Waals surface area contributed by atoms with E-state index in [1.807, 2.05) is 6.07 Å². The summed E-state index contributed by atoms with van der Waals surface area (Å²) in [6.45, 7) is 0. The molecule has 0 N–H and O–H groups in total. The molecule has 0 atom stereocenters. The van der Waals surface area contributed by atoms with Gasteiger partial charge in [-0.2, -0.15) is 0 Å². The van der Waals surface area contributed by atoms with Crippen molar-refractivity contribution in [1.29, 1.82) is 0 Å². The van der Waals surface area contributed by atoms with Gasteiger partial charge in [-0.3, -0.25) is 0 Å². The highest BCUT2D eigenvalue weighted by Crippen LogP contribution is 2.29. The van der Waals surface area contributed by atoms with Crippen LogP contribution in [0.4, 0.5) is 0 Å². The van der Waals surface area contributed by atoms with Crippen LogP contribution >= 0.6 is 11.6 Å². The van der Waals surface area contributed by atoms with Crippen LogP contribution in [-0.4, -0.2) is 13.1 Å². The molecule has 0 unspecified atom stereocenters. The van der Waals surface area contributed by atoms with E-state index in [2.05, 4.69) is 0 Å². The maximum atomic E-state index is 11.7. The number of benzene rings is 1. The second-order valence-electron chi connectivity index (χ2n) is 4.98. The molecule has 1 aliphatic rings. The van der Waals surface area contributed by atoms with Crippen LogP contribution in [0.1, 0.15) is 48.0 Å². The molecule has 1 aliphatic carbocycles. The summed E-state index contributed by atoms with van der Waals surface area (Å²) < 4.78 is 4.81. The van der Waals surface area contributed by atoms with Crippen molar-refractivity contribution < 1.29 is 9.53 Å². The van der Waals surface area contributed by atoms with Gasteiger partial charge in [-0.25, -0.2) is 4.79 Å². The first-order chi connectivity index (χ1) is 8.70. The van der Waals surface area contributed by atoms with Gasteiger partial charge in [0.05, 0.1) is 12.7 Å². The Morgan fingerprint density at radius 1 is 1.39 bits per heavy atom. The molecule has 18 heavy (non-hydrogen) atoms. The van der Waals surface area contributed by atoms with E-state index in [0.717, 1.165) is 24.3 Å². The minimum absolute atomic E-state index is 0.270. The van der Waals surface area contributed by atoms with Crippen LogP contribution in [0.15, 0.2) is 18.2 Å². The van der Waals surface area contributed by atoms with Crippen molar-refractivity contribution in [3.05, 3.63) is 34.3 Å². The Labute approximate surface area is 113 Å². The van der Waals surface area contributed by atoms with Gasteiger partial charge in [0, 0.05) is 5.02 Å². The topological polar surface area (TPSA) is 26.3 Å². The number of carbonyl (C=O) groups is 1. The van der Waals surface area contributed by atoms with Gasteiger partial charge >= 0.3 is 5.97 Å². The first-order valence-corrected chi connectivity index (χ1v) is 6.95. The summed E-state index contributed by atoms with van der Waals surface area (Å²) in [4.78, 5) is 11.7. The number of methoxy groups -OCH3 is 1. The van der Waals surface area contributed by atoms with E-state index in [-0.39, 0.29) is 5.97 Å². The third-order valence-corrected chi connectivity index (χ3v) is 4.00. The molecule has 98 valence electrons. The quantitative estimate of drug-likeness (QED) is 0.762. The van der Waals surface area contributed by atoms with Crippen LogP contribution in [-0.2, 0) is 11.2 Å². The zero-order chi connectivity index (χ0) is 13.0. The van der Waals surface area contributed by atoms with Crippen LogP contribution in [0.3, 0.4) is 0 Å². The van der Waals surface area contributed by atoms with Gasteiger partial charge in [0.2, 0.25) is 0 Å². The summed E-state index contributed by atoms with van der Waals surface area (Å²) in [5.41, 5.74) is 1.67. The lowest BCUT2D eigenvalue weighted by Crippen LogP contribution is -2.07. The van der Waals surface area contributed by atoms with Crippen molar-refractivity contribution in [2.45, 2.75) is 38.5 Å². The molecule has 0 bridgehead atoms. The zero-order valence-corrected chi connectivity index (χ0v) is 11.5. The van der Waals surface area contributed by atoms with E-state index in [9.17, 15) is 4.79 Å². The molecule has 3 heteroatoms. The Hall–Kier alpha value is -1.02. The third-order valence-electron chi connectivity index (χ3n) is 3.77. The molecule has 0 aliphatic heterocycles. The van der Waals surface area contributed by atoms with Crippen molar-refractivity contribution in [3.63, 3.8) is 0 Å². The Morgan fingerprint density at radius 3 is 2.78 bits per heavy atom. The third kappa shape index (κ3) is 3.26. The average Bonchev–Trinajstić information content (AvgIpc) is 2.88. The van der Waals surface area contributed by atoms with E-state index < -0.39 is 0 Å². The van der Waals surface area contributed by atoms with E-state index in [0.29, 0.717) is 10.6 Å². The lowest BCUT2D eigenvalue weighted by molar-refractivity contribution is 0.0599. The minimum atomic E-state index is -0.270. The van der Waals surface area contributed by atoms with Gasteiger partial charge in [-0.05, 0) is 42.5 Å². The summed E-state index contributed by atoms with van der Waals surface area (Å²) in [7, 11) is 1.41. The summed E-state index contributed by atoms with van der Waals surface area (Å²) in [5.74, 6) is 0.544. The molecule has 2 rings (SSSR count). The largest absolute Gasteiger partial charge is 0.465 e. The molecular weight excluding hydrogens is 248 g/mol. The molecule has 1 aromatic rings. The molecule has 1 aromatic carbocycles. The lowest BCUT2D eigenvalue weighted by Gasteiger charge is -2.11. The number of halogens is 1. The van der Waals surface area contributed by atoms with E-state index in [4.69, 9.17) is 16.3 Å². The van der Waals surface area contributed by atoms with Gasteiger partial charge in [-0.15, -0.1) is 0 Å². The van der Waals surface area contributed by atoms with Gasteiger partial charge in [-0.1, -0.05) is 37.3 Å². The highest BCUT2D eigenvalue weighted by atomic mass is 35.5. The summed E-state index contributed by atoms with van der Waals surface area (Å²) in [5, 5.41) is 0.684. The van der Waals surface area contributed by atoms with Crippen molar-refractivity contribution in [1.82, 2.24) is 0 Å². The molecule has 1 saturated carbocycles. The Kier molecular flexibility index (Phi) is 4.65. The Bertz CT molecular complexity index is 423. The zero-order valence-electron chi connectivity index (χ0n) is 10.7. The van der Waals surface area contributed by atoms with Crippen molar-refractivity contribution in [3.8, 4) is 0 Å². The lowest BCUT2D eigenvalue weighted by atomic mass is 9.95. The summed E-state index contributed by atoms with van der Waals surface area (Å²) in [6, 6.07) is 5.40. The van der Waals surface area contributed by atoms with Crippen LogP contribution in [0.5, 0.6) is 0 Å². The number of hydrogen-bond acceptors (Lipinski definition) is 2. The second-order valence-corrected chi connectivity index (χ2v) is 5.42. The normalized spacial score (nSPS) is 15.9. The number of esters is 1. The summed E-state index contributed by atoms with van der Waals surface area (Å²) in [6.07, 6.45) is 7.41. The number of rotatable bonds is 4. The van der Waals surface area contributed by atoms with E-state index in [1.165, 1.54) is 32.8 Å². The first-order valence-electron chi connectivity index (χ1n) is 6.57. The standard InChI is InChI=1S/C15H19ClO2/c1-18-15(17)14-9-8-13(16)10-12(14)7-6-11-4-2-3-5-11/h8-11H,2-7H2,1H3. The van der Waals surface area contributed by atoms with Gasteiger partial charge < -0.3 is 4.74 Å². The smallest absolute Gasteiger partial charge is 0.338 e. The molecule has 0 aromatic heterocycles. The Balaban J connectivity index is 2.08. The average molecular weight is 267 g/mol. The molecule has 0 spiro atoms. The van der Waals surface area contributed by atoms with Crippen LogP contribution in [0.25, 0.3) is 0 Å². The maximum Gasteiger partial charge on any atom is 0.338 e. The fourth-order valence-corrected chi connectivity index (χ4v) is 2.93. The predicted octanol–water partition coefficient (Wildman–Crippen LogP) is 4.25. The van der Waals surface area contributed by atoms with E-state index in [1.54, 1.807) is 12.1 Å². The molecule has 0 heterocycles. The fraction of sp³-hybridized carbons (Fsp3) is 0.533. The number of carbonyl (C=O) groups excluding carboxylic acids is 1. The molecule has 0 radical (unpaired) electrons. The van der Waals surface area contributed by atoms with Crippen molar-refractivity contribution >= 4 is 17.6 Å². The van der Waals surface area contributed by atoms with Gasteiger partial charge in [0.25, 0.3) is 0 Å². The number of aryl methyl sites for hydroxylation is 1. The molecule has 2 nitrogen and oxygen atoms in total. The molecule has 0 saturated heterocycles. The monoisotopic (exact) mass is 266 g/mol. The maximum absolute atomic E-state index is 11.7. The second kappa shape index (κ2) is 6.24. The van der Waals surface area contributed by atoms with Crippen LogP contribution in [0.2, 0.25) is 5.02 Å². The van der Waals surface area contributed by atoms with Gasteiger partial charge in [0.1, 0.15) is 0 Å². The number of hydrogen-bond donors (Lipinski definition) is 0. The minimum Gasteiger partial charge on any atom is -0.465 e. The predicted molar refractivity (Wildman–Crippen MR) is 73.1 cm³/mol.